The third-order valence-corrected chi connectivity index (χ3v) is 4.94. The average Bonchev–Trinajstić information content (AvgIpc) is 2.82. The second-order valence-corrected chi connectivity index (χ2v) is 7.15. The molecule has 0 unspecified atom stereocenters. The molecule has 0 aliphatic heterocycles. The normalized spacial score (nSPS) is 10.3. The Balaban J connectivity index is 1.51. The van der Waals surface area contributed by atoms with E-state index in [-0.39, 0.29) is 24.3 Å². The van der Waals surface area contributed by atoms with Crippen LogP contribution in [0.1, 0.15) is 26.3 Å². The molecule has 0 aliphatic carbocycles. The lowest BCUT2D eigenvalue weighted by Gasteiger charge is -2.18. The van der Waals surface area contributed by atoms with Crippen molar-refractivity contribution in [3.05, 3.63) is 95.6 Å². The van der Waals surface area contributed by atoms with Gasteiger partial charge >= 0.3 is 0 Å². The topological polar surface area (TPSA) is 78.5 Å². The largest absolute Gasteiger partial charge is 0.355 e. The maximum Gasteiger partial charge on any atom is 0.251 e. The SMILES string of the molecule is CNC(=O)c1ccc(CN(C)C(=O)CNC(=O)c2ccc(-c3ccccc3)cc2)cc1. The first-order chi connectivity index (χ1) is 15.0. The Kier molecular flexibility index (Phi) is 7.17. The first-order valence-corrected chi connectivity index (χ1v) is 9.96. The fraction of sp³-hybridized carbons (Fsp3) is 0.160. The van der Waals surface area contributed by atoms with Crippen LogP contribution in [0.15, 0.2) is 78.9 Å². The second-order valence-electron chi connectivity index (χ2n) is 7.15. The van der Waals surface area contributed by atoms with Crippen LogP contribution in [-0.4, -0.2) is 43.3 Å². The van der Waals surface area contributed by atoms with Crippen LogP contribution in [0.2, 0.25) is 0 Å². The van der Waals surface area contributed by atoms with Gasteiger partial charge in [0.2, 0.25) is 5.91 Å². The molecule has 0 aliphatic rings. The van der Waals surface area contributed by atoms with Crippen LogP contribution >= 0.6 is 0 Å². The third kappa shape index (κ3) is 5.79. The third-order valence-electron chi connectivity index (χ3n) is 4.94. The van der Waals surface area contributed by atoms with Gasteiger partial charge in [0.05, 0.1) is 6.54 Å². The molecule has 2 N–H and O–H groups in total. The Morgan fingerprint density at radius 1 is 0.742 bits per heavy atom. The highest BCUT2D eigenvalue weighted by Crippen LogP contribution is 2.19. The fourth-order valence-electron chi connectivity index (χ4n) is 3.11. The number of hydrogen-bond donors (Lipinski definition) is 2. The number of benzene rings is 3. The van der Waals surface area contributed by atoms with Crippen LogP contribution in [-0.2, 0) is 11.3 Å². The van der Waals surface area contributed by atoms with Gasteiger partial charge in [-0.1, -0.05) is 54.6 Å². The van der Waals surface area contributed by atoms with E-state index in [1.807, 2.05) is 42.5 Å². The molecule has 0 saturated carbocycles. The number of nitrogens with zero attached hydrogens (tertiary/aromatic N) is 1. The van der Waals surface area contributed by atoms with Gasteiger partial charge in [-0.2, -0.15) is 0 Å². The average molecular weight is 415 g/mol. The van der Waals surface area contributed by atoms with Crippen molar-refractivity contribution in [1.29, 1.82) is 0 Å². The van der Waals surface area contributed by atoms with Crippen LogP contribution in [0.5, 0.6) is 0 Å². The predicted molar refractivity (Wildman–Crippen MR) is 121 cm³/mol. The molecule has 31 heavy (non-hydrogen) atoms. The second kappa shape index (κ2) is 10.2. The van der Waals surface area contributed by atoms with Crippen LogP contribution in [0, 0.1) is 0 Å². The zero-order valence-electron chi connectivity index (χ0n) is 17.6. The van der Waals surface area contributed by atoms with E-state index in [0.29, 0.717) is 17.7 Å². The van der Waals surface area contributed by atoms with Crippen LogP contribution in [0.3, 0.4) is 0 Å². The molecular weight excluding hydrogens is 390 g/mol. The molecule has 3 aromatic rings. The maximum atomic E-state index is 12.4. The van der Waals surface area contributed by atoms with Crippen molar-refractivity contribution in [1.82, 2.24) is 15.5 Å². The van der Waals surface area contributed by atoms with E-state index in [0.717, 1.165) is 16.7 Å². The molecule has 0 saturated heterocycles. The Morgan fingerprint density at radius 2 is 1.29 bits per heavy atom. The van der Waals surface area contributed by atoms with Crippen molar-refractivity contribution in [2.24, 2.45) is 0 Å². The molecule has 3 amide bonds. The van der Waals surface area contributed by atoms with Gasteiger partial charge in [0, 0.05) is 31.8 Å². The zero-order chi connectivity index (χ0) is 22.2. The molecule has 0 radical (unpaired) electrons. The van der Waals surface area contributed by atoms with Crippen molar-refractivity contribution in [2.75, 3.05) is 20.6 Å². The zero-order valence-corrected chi connectivity index (χ0v) is 17.6. The molecule has 158 valence electrons. The Morgan fingerprint density at radius 3 is 1.90 bits per heavy atom. The number of rotatable bonds is 7. The Labute approximate surface area is 181 Å². The summed E-state index contributed by atoms with van der Waals surface area (Å²) in [6, 6.07) is 24.2. The molecule has 0 spiro atoms. The Bertz CT molecular complexity index is 1050. The van der Waals surface area contributed by atoms with Gasteiger partial charge in [-0.3, -0.25) is 14.4 Å². The van der Waals surface area contributed by atoms with Crippen molar-refractivity contribution >= 4 is 17.7 Å². The first kappa shape index (κ1) is 21.8. The van der Waals surface area contributed by atoms with Gasteiger partial charge in [0.1, 0.15) is 0 Å². The van der Waals surface area contributed by atoms with E-state index in [1.165, 1.54) is 4.90 Å². The molecule has 0 bridgehead atoms. The summed E-state index contributed by atoms with van der Waals surface area (Å²) in [6.07, 6.45) is 0. The van der Waals surface area contributed by atoms with Crippen LogP contribution < -0.4 is 10.6 Å². The molecule has 0 fully saturated rings. The predicted octanol–water partition coefficient (Wildman–Crippen LogP) is 3.10. The lowest BCUT2D eigenvalue weighted by Crippen LogP contribution is -2.37. The quantitative estimate of drug-likeness (QED) is 0.622. The van der Waals surface area contributed by atoms with E-state index in [2.05, 4.69) is 10.6 Å². The van der Waals surface area contributed by atoms with E-state index >= 15 is 0 Å². The van der Waals surface area contributed by atoms with Crippen LogP contribution in [0.25, 0.3) is 11.1 Å². The van der Waals surface area contributed by atoms with Gasteiger partial charge in [-0.05, 0) is 41.0 Å². The summed E-state index contributed by atoms with van der Waals surface area (Å²) < 4.78 is 0. The fourth-order valence-corrected chi connectivity index (χ4v) is 3.11. The molecule has 3 aromatic carbocycles. The minimum absolute atomic E-state index is 0.0912. The number of likely N-dealkylation sites (N-methyl/N-ethyl adjacent to an activating group) is 1. The van der Waals surface area contributed by atoms with E-state index in [9.17, 15) is 14.4 Å². The summed E-state index contributed by atoms with van der Waals surface area (Å²) in [5.41, 5.74) is 4.06. The van der Waals surface area contributed by atoms with E-state index in [4.69, 9.17) is 0 Å². The lowest BCUT2D eigenvalue weighted by atomic mass is 10.0. The molecular formula is C25H25N3O3. The van der Waals surface area contributed by atoms with Crippen molar-refractivity contribution in [2.45, 2.75) is 6.54 Å². The summed E-state index contributed by atoms with van der Waals surface area (Å²) in [5, 5.41) is 5.24. The highest BCUT2D eigenvalue weighted by molar-refractivity contribution is 5.97. The molecule has 6 nitrogen and oxygen atoms in total. The van der Waals surface area contributed by atoms with Gasteiger partial charge < -0.3 is 15.5 Å². The molecule has 0 atom stereocenters. The highest BCUT2D eigenvalue weighted by Gasteiger charge is 2.13. The molecule has 0 aromatic heterocycles. The van der Waals surface area contributed by atoms with Gasteiger partial charge in [0.25, 0.3) is 11.8 Å². The Hall–Kier alpha value is -3.93. The minimum Gasteiger partial charge on any atom is -0.355 e. The first-order valence-electron chi connectivity index (χ1n) is 9.96. The monoisotopic (exact) mass is 415 g/mol. The van der Waals surface area contributed by atoms with E-state index in [1.54, 1.807) is 50.5 Å². The van der Waals surface area contributed by atoms with Gasteiger partial charge in [-0.15, -0.1) is 0 Å². The van der Waals surface area contributed by atoms with Crippen LogP contribution in [0.4, 0.5) is 0 Å². The smallest absolute Gasteiger partial charge is 0.251 e. The van der Waals surface area contributed by atoms with Gasteiger partial charge in [-0.25, -0.2) is 0 Å². The molecule has 6 heteroatoms. The number of nitrogens with one attached hydrogen (secondary N) is 2. The highest BCUT2D eigenvalue weighted by atomic mass is 16.2. The maximum absolute atomic E-state index is 12.4. The number of hydrogen-bond acceptors (Lipinski definition) is 3. The van der Waals surface area contributed by atoms with E-state index < -0.39 is 0 Å². The van der Waals surface area contributed by atoms with Crippen molar-refractivity contribution in [3.8, 4) is 11.1 Å². The lowest BCUT2D eigenvalue weighted by molar-refractivity contribution is -0.129. The summed E-state index contributed by atoms with van der Waals surface area (Å²) in [4.78, 5) is 37.9. The summed E-state index contributed by atoms with van der Waals surface area (Å²) in [5.74, 6) is -0.656. The minimum atomic E-state index is -0.295. The van der Waals surface area contributed by atoms with Crippen molar-refractivity contribution < 1.29 is 14.4 Å². The summed E-state index contributed by atoms with van der Waals surface area (Å²) in [7, 11) is 3.25. The number of amides is 3. The number of carbonyl (C=O) groups excluding carboxylic acids is 3. The standard InChI is InChI=1S/C25H25N3O3/c1-26-24(30)21-10-8-18(9-11-21)17-28(2)23(29)16-27-25(31)22-14-12-20(13-15-22)19-6-4-3-5-7-19/h3-15H,16-17H2,1-2H3,(H,26,30)(H,27,31). The van der Waals surface area contributed by atoms with Gasteiger partial charge in [0.15, 0.2) is 0 Å². The number of carbonyl (C=O) groups is 3. The van der Waals surface area contributed by atoms with Crippen molar-refractivity contribution in [3.63, 3.8) is 0 Å². The summed E-state index contributed by atoms with van der Waals surface area (Å²) >= 11 is 0. The molecule has 3 rings (SSSR count). The molecule has 0 heterocycles. The summed E-state index contributed by atoms with van der Waals surface area (Å²) in [6.45, 7) is 0.292.